The van der Waals surface area contributed by atoms with E-state index in [0.29, 0.717) is 20.0 Å². The Bertz CT molecular complexity index is 857. The summed E-state index contributed by atoms with van der Waals surface area (Å²) in [5, 5.41) is 8.19. The fourth-order valence-electron chi connectivity index (χ4n) is 1.87. The minimum absolute atomic E-state index is 0.0801. The lowest BCUT2D eigenvalue weighted by molar-refractivity contribution is 0.445. The molecule has 0 aliphatic rings. The molecular formula is C12H6Br2F3N5. The molecule has 0 saturated carbocycles. The number of nitrogens with two attached hydrogens (primary N) is 2. The monoisotopic (exact) mass is 435 g/mol. The summed E-state index contributed by atoms with van der Waals surface area (Å²) in [6.07, 6.45) is 0. The second-order valence-corrected chi connectivity index (χ2v) is 5.95. The highest BCUT2D eigenvalue weighted by atomic mass is 79.9. The van der Waals surface area contributed by atoms with E-state index in [1.807, 2.05) is 0 Å². The van der Waals surface area contributed by atoms with Crippen LogP contribution in [0.5, 0.6) is 0 Å². The molecule has 0 aliphatic heterocycles. The largest absolute Gasteiger partial charge is 0.396 e. The lowest BCUT2D eigenvalue weighted by Gasteiger charge is -2.04. The minimum Gasteiger partial charge on any atom is -0.396 e. The van der Waals surface area contributed by atoms with Crippen LogP contribution >= 0.6 is 31.9 Å². The number of nitrogens with zero attached hydrogens (tertiary/aromatic N) is 3. The quantitative estimate of drug-likeness (QED) is 0.451. The molecule has 0 fully saturated rings. The Hall–Kier alpha value is -1.81. The van der Waals surface area contributed by atoms with E-state index < -0.39 is 17.5 Å². The predicted molar refractivity (Wildman–Crippen MR) is 83.0 cm³/mol. The first-order chi connectivity index (χ1) is 10.3. The lowest BCUT2D eigenvalue weighted by Crippen LogP contribution is -2.02. The zero-order chi connectivity index (χ0) is 16.2. The summed E-state index contributed by atoms with van der Waals surface area (Å²) >= 11 is 6.48. The summed E-state index contributed by atoms with van der Waals surface area (Å²) in [4.78, 5) is 0.963. The number of aromatic nitrogens is 3. The normalized spacial score (nSPS) is 11.3. The zero-order valence-electron chi connectivity index (χ0n) is 10.5. The molecule has 0 saturated heterocycles. The Balaban J connectivity index is 2.30. The van der Waals surface area contributed by atoms with Crippen molar-refractivity contribution in [3.05, 3.63) is 38.5 Å². The molecule has 4 N–H and O–H groups in total. The maximum Gasteiger partial charge on any atom is 0.194 e. The summed E-state index contributed by atoms with van der Waals surface area (Å²) in [5.41, 5.74) is 12.7. The van der Waals surface area contributed by atoms with Crippen LogP contribution in [0.15, 0.2) is 21.1 Å². The number of hydrogen-bond donors (Lipinski definition) is 2. The van der Waals surface area contributed by atoms with Gasteiger partial charge in [-0.05, 0) is 31.9 Å². The van der Waals surface area contributed by atoms with E-state index in [1.54, 1.807) is 0 Å². The predicted octanol–water partition coefficient (Wildman–Crippen LogP) is 3.53. The van der Waals surface area contributed by atoms with Crippen LogP contribution in [-0.2, 0) is 0 Å². The third kappa shape index (κ3) is 2.13. The third-order valence-corrected chi connectivity index (χ3v) is 4.60. The van der Waals surface area contributed by atoms with Crippen molar-refractivity contribution in [2.75, 3.05) is 11.5 Å². The van der Waals surface area contributed by atoms with E-state index in [9.17, 15) is 13.2 Å². The fourth-order valence-corrected chi connectivity index (χ4v) is 2.83. The van der Waals surface area contributed by atoms with Gasteiger partial charge in [-0.2, -0.15) is 4.80 Å². The Labute approximate surface area is 138 Å². The van der Waals surface area contributed by atoms with Crippen molar-refractivity contribution in [1.29, 1.82) is 0 Å². The van der Waals surface area contributed by atoms with Crippen molar-refractivity contribution in [3.63, 3.8) is 0 Å². The molecule has 0 bridgehead atoms. The van der Waals surface area contributed by atoms with Gasteiger partial charge >= 0.3 is 0 Å². The molecule has 0 atom stereocenters. The Kier molecular flexibility index (Phi) is 3.52. The number of halogens is 5. The van der Waals surface area contributed by atoms with E-state index in [1.165, 1.54) is 0 Å². The molecule has 0 unspecified atom stereocenters. The number of rotatable bonds is 1. The Morgan fingerprint density at radius 2 is 1.27 bits per heavy atom. The van der Waals surface area contributed by atoms with Crippen molar-refractivity contribution in [1.82, 2.24) is 15.0 Å². The van der Waals surface area contributed by atoms with Gasteiger partial charge in [-0.15, -0.1) is 10.2 Å². The minimum atomic E-state index is -1.56. The van der Waals surface area contributed by atoms with Crippen LogP contribution in [0.3, 0.4) is 0 Å². The topological polar surface area (TPSA) is 82.8 Å². The molecule has 3 rings (SSSR count). The molecule has 114 valence electrons. The third-order valence-electron chi connectivity index (χ3n) is 2.99. The van der Waals surface area contributed by atoms with E-state index in [0.717, 1.165) is 16.9 Å². The number of hydrogen-bond acceptors (Lipinski definition) is 4. The summed E-state index contributed by atoms with van der Waals surface area (Å²) in [6, 6.07) is 1.57. The van der Waals surface area contributed by atoms with Gasteiger partial charge in [0.05, 0.1) is 26.0 Å². The van der Waals surface area contributed by atoms with Gasteiger partial charge < -0.3 is 11.5 Å². The van der Waals surface area contributed by atoms with Crippen LogP contribution in [0.1, 0.15) is 0 Å². The molecule has 22 heavy (non-hydrogen) atoms. The molecule has 0 amide bonds. The van der Waals surface area contributed by atoms with Crippen LogP contribution in [0.4, 0.5) is 24.5 Å². The second kappa shape index (κ2) is 5.13. The standard InChI is InChI=1S/C12H6Br2F3N5/c13-6-9(18)10(19)7(14)12-11(6)20-22(21-12)3-1-4(15)8(17)5(16)2-3/h1-2H,18-19H2. The summed E-state index contributed by atoms with van der Waals surface area (Å²) < 4.78 is 40.5. The van der Waals surface area contributed by atoms with Gasteiger partial charge in [0, 0.05) is 12.1 Å². The highest BCUT2D eigenvalue weighted by molar-refractivity contribution is 9.11. The number of fused-ring (bicyclic) bond motifs is 1. The van der Waals surface area contributed by atoms with Crippen molar-refractivity contribution in [2.45, 2.75) is 0 Å². The highest BCUT2D eigenvalue weighted by Crippen LogP contribution is 2.39. The van der Waals surface area contributed by atoms with Gasteiger partial charge in [-0.1, -0.05) is 0 Å². The molecule has 0 spiro atoms. The van der Waals surface area contributed by atoms with Gasteiger partial charge in [0.1, 0.15) is 11.0 Å². The van der Waals surface area contributed by atoms with Crippen LogP contribution < -0.4 is 11.5 Å². The van der Waals surface area contributed by atoms with Crippen molar-refractivity contribution >= 4 is 54.3 Å². The second-order valence-electron chi connectivity index (χ2n) is 4.37. The smallest absolute Gasteiger partial charge is 0.194 e. The van der Waals surface area contributed by atoms with Crippen molar-refractivity contribution < 1.29 is 13.2 Å². The molecular weight excluding hydrogens is 431 g/mol. The highest BCUT2D eigenvalue weighted by Gasteiger charge is 2.19. The molecule has 0 radical (unpaired) electrons. The van der Waals surface area contributed by atoms with Crippen molar-refractivity contribution in [3.8, 4) is 5.69 Å². The van der Waals surface area contributed by atoms with Gasteiger partial charge in [0.2, 0.25) is 0 Å². The van der Waals surface area contributed by atoms with Crippen LogP contribution in [0.2, 0.25) is 0 Å². The number of anilines is 2. The molecule has 5 nitrogen and oxygen atoms in total. The molecule has 3 aromatic rings. The summed E-state index contributed by atoms with van der Waals surface area (Å²) in [7, 11) is 0. The first-order valence-corrected chi connectivity index (χ1v) is 7.33. The van der Waals surface area contributed by atoms with Gasteiger partial charge in [0.15, 0.2) is 17.5 Å². The summed E-state index contributed by atoms with van der Waals surface area (Å²) in [6.45, 7) is 0. The van der Waals surface area contributed by atoms with Gasteiger partial charge in [-0.3, -0.25) is 0 Å². The lowest BCUT2D eigenvalue weighted by atomic mass is 10.2. The van der Waals surface area contributed by atoms with Gasteiger partial charge in [0.25, 0.3) is 0 Å². The van der Waals surface area contributed by atoms with Crippen LogP contribution in [-0.4, -0.2) is 15.0 Å². The molecule has 0 aliphatic carbocycles. The first kappa shape index (κ1) is 15.1. The molecule has 1 aromatic heterocycles. The van der Waals surface area contributed by atoms with Crippen molar-refractivity contribution in [2.24, 2.45) is 0 Å². The van der Waals surface area contributed by atoms with E-state index in [4.69, 9.17) is 11.5 Å². The molecule has 2 aromatic carbocycles. The molecule has 10 heteroatoms. The Morgan fingerprint density at radius 1 is 0.864 bits per heavy atom. The van der Waals surface area contributed by atoms with E-state index >= 15 is 0 Å². The van der Waals surface area contributed by atoms with Crippen LogP contribution in [0, 0.1) is 17.5 Å². The van der Waals surface area contributed by atoms with Gasteiger partial charge in [-0.25, -0.2) is 13.2 Å². The number of benzene rings is 2. The van der Waals surface area contributed by atoms with E-state index in [-0.39, 0.29) is 17.1 Å². The average Bonchev–Trinajstić information content (AvgIpc) is 2.93. The van der Waals surface area contributed by atoms with E-state index in [2.05, 4.69) is 42.1 Å². The first-order valence-electron chi connectivity index (χ1n) is 5.75. The average molecular weight is 437 g/mol. The maximum absolute atomic E-state index is 13.3. The Morgan fingerprint density at radius 3 is 1.68 bits per heavy atom. The SMILES string of the molecule is Nc1c(N)c(Br)c2nn(-c3cc(F)c(F)c(F)c3)nc2c1Br. The maximum atomic E-state index is 13.3. The zero-order valence-corrected chi connectivity index (χ0v) is 13.7. The molecule has 1 heterocycles. The number of nitrogen functional groups attached to an aromatic ring is 2. The summed E-state index contributed by atoms with van der Waals surface area (Å²) in [5.74, 6) is -4.24. The fraction of sp³-hybridized carbons (Fsp3) is 0. The van der Waals surface area contributed by atoms with Crippen LogP contribution in [0.25, 0.3) is 16.7 Å².